The molecule has 2 N–H and O–H groups in total. The number of allylic oxidation sites excluding steroid dienone is 1. The van der Waals surface area contributed by atoms with Crippen molar-refractivity contribution < 1.29 is 4.21 Å². The fourth-order valence-corrected chi connectivity index (χ4v) is 6.37. The maximum absolute atomic E-state index is 13.0. The van der Waals surface area contributed by atoms with Crippen LogP contribution in [0.5, 0.6) is 0 Å². The monoisotopic (exact) mass is 429 g/mol. The van der Waals surface area contributed by atoms with Crippen LogP contribution in [-0.4, -0.2) is 32.0 Å². The Morgan fingerprint density at radius 3 is 2.63 bits per heavy atom. The van der Waals surface area contributed by atoms with E-state index >= 15 is 0 Å². The molecule has 2 atom stereocenters. The fourth-order valence-electron chi connectivity index (χ4n) is 4.81. The van der Waals surface area contributed by atoms with Gasteiger partial charge in [0.15, 0.2) is 0 Å². The summed E-state index contributed by atoms with van der Waals surface area (Å²) in [6.07, 6.45) is 14.4. The normalized spacial score (nSPS) is 18.4. The van der Waals surface area contributed by atoms with Crippen LogP contribution < -0.4 is 5.84 Å². The van der Waals surface area contributed by atoms with E-state index in [9.17, 15) is 4.21 Å². The van der Waals surface area contributed by atoms with E-state index in [1.54, 1.807) is 4.68 Å². The van der Waals surface area contributed by atoms with Crippen LogP contribution >= 0.6 is 0 Å². The third-order valence-corrected chi connectivity index (χ3v) is 8.17. The van der Waals surface area contributed by atoms with Crippen molar-refractivity contribution in [2.24, 2.45) is 5.92 Å². The molecule has 1 aromatic heterocycles. The van der Waals surface area contributed by atoms with Gasteiger partial charge in [-0.1, -0.05) is 57.4 Å². The number of piperidine rings is 1. The van der Waals surface area contributed by atoms with E-state index < -0.39 is 11.0 Å². The van der Waals surface area contributed by atoms with Crippen LogP contribution in [0.3, 0.4) is 0 Å². The maximum atomic E-state index is 13.0. The first kappa shape index (κ1) is 23.1. The van der Waals surface area contributed by atoms with Crippen LogP contribution in [0, 0.1) is 5.92 Å². The minimum atomic E-state index is -0.844. The van der Waals surface area contributed by atoms with Crippen molar-refractivity contribution in [2.45, 2.75) is 71.6 Å². The largest absolute Gasteiger partial charge is 0.339 e. The third kappa shape index (κ3) is 5.55. The van der Waals surface area contributed by atoms with Crippen LogP contribution in [-0.2, 0) is 11.0 Å². The van der Waals surface area contributed by atoms with Crippen LogP contribution in [0.15, 0.2) is 30.5 Å². The van der Waals surface area contributed by atoms with E-state index in [1.807, 2.05) is 6.92 Å². The lowest BCUT2D eigenvalue weighted by atomic mass is 9.90. The Morgan fingerprint density at radius 1 is 1.20 bits per heavy atom. The van der Waals surface area contributed by atoms with E-state index in [-0.39, 0.29) is 0 Å². The molecule has 3 rings (SSSR count). The molecule has 0 bridgehead atoms. The molecule has 30 heavy (non-hydrogen) atoms. The first-order chi connectivity index (χ1) is 14.6. The molecule has 0 radical (unpaired) electrons. The summed E-state index contributed by atoms with van der Waals surface area (Å²) in [5.41, 5.74) is 3.61. The molecule has 1 aromatic carbocycles. The Balaban J connectivity index is 1.63. The number of hydrogen-bond donors (Lipinski definition) is 1. The molecule has 0 amide bonds. The van der Waals surface area contributed by atoms with Crippen LogP contribution in [0.2, 0.25) is 0 Å². The van der Waals surface area contributed by atoms with Gasteiger partial charge >= 0.3 is 0 Å². The van der Waals surface area contributed by atoms with Crippen LogP contribution in [0.25, 0.3) is 17.0 Å². The summed E-state index contributed by atoms with van der Waals surface area (Å²) < 4.78 is 17.0. The lowest BCUT2D eigenvalue weighted by molar-refractivity contribution is 0.332. The highest BCUT2D eigenvalue weighted by Gasteiger charge is 2.27. The van der Waals surface area contributed by atoms with Gasteiger partial charge in [0.1, 0.15) is 0 Å². The number of unbranched alkanes of at least 4 members (excludes halogenated alkanes) is 1. The summed E-state index contributed by atoms with van der Waals surface area (Å²) in [5, 5.41) is 1.26. The topological polar surface area (TPSA) is 51.3 Å². The van der Waals surface area contributed by atoms with Crippen molar-refractivity contribution in [3.8, 4) is 0 Å². The lowest BCUT2D eigenvalue weighted by Gasteiger charge is -2.32. The van der Waals surface area contributed by atoms with Gasteiger partial charge in [-0.25, -0.2) is 8.51 Å². The molecule has 1 fully saturated rings. The second kappa shape index (κ2) is 11.1. The molecule has 0 spiro atoms. The van der Waals surface area contributed by atoms with Crippen LogP contribution in [0.1, 0.15) is 82.8 Å². The molecule has 0 aliphatic carbocycles. The minimum absolute atomic E-state index is 0.490. The van der Waals surface area contributed by atoms with E-state index in [0.29, 0.717) is 11.8 Å². The van der Waals surface area contributed by atoms with Gasteiger partial charge in [0.2, 0.25) is 0 Å². The summed E-state index contributed by atoms with van der Waals surface area (Å²) in [4.78, 5) is 0. The predicted molar refractivity (Wildman–Crippen MR) is 131 cm³/mol. The van der Waals surface area contributed by atoms with Crippen molar-refractivity contribution in [1.29, 1.82) is 0 Å². The Morgan fingerprint density at radius 2 is 1.97 bits per heavy atom. The predicted octanol–water partition coefficient (Wildman–Crippen LogP) is 5.84. The highest BCUT2D eigenvalue weighted by molar-refractivity contribution is 7.82. The third-order valence-electron chi connectivity index (χ3n) is 6.47. The molecule has 5 heteroatoms. The number of nitrogens with two attached hydrogens (primary N) is 1. The standard InChI is InChI=1S/C25H39N3OS/c1-4-7-10-21(9-6-3)19-30(29)27-15-13-22(14-16-27)24-18-28(26)25-17-20(8-5-2)11-12-23(24)25/h5,8,11-12,17-18,21-22H,4,6-7,9-10,13-16,19,26H2,1-3H3. The number of fused-ring (bicyclic) bond motifs is 1. The zero-order valence-electron chi connectivity index (χ0n) is 19.0. The lowest BCUT2D eigenvalue weighted by Crippen LogP contribution is -2.36. The van der Waals surface area contributed by atoms with Crippen molar-refractivity contribution in [3.05, 3.63) is 41.6 Å². The average molecular weight is 430 g/mol. The highest BCUT2D eigenvalue weighted by atomic mass is 32.2. The van der Waals surface area contributed by atoms with E-state index in [4.69, 9.17) is 5.84 Å². The van der Waals surface area contributed by atoms with Crippen molar-refractivity contribution >= 4 is 28.0 Å². The number of hydrogen-bond acceptors (Lipinski definition) is 2. The SMILES string of the molecule is CC=Cc1ccc2c(C3CCN(S(=O)CC(CCC)CCCC)CC3)cn(N)c2c1. The Labute approximate surface area is 185 Å². The molecule has 4 nitrogen and oxygen atoms in total. The number of aromatic nitrogens is 1. The number of nitrogen functional groups attached to an aromatic ring is 1. The van der Waals surface area contributed by atoms with Gasteiger partial charge in [-0.15, -0.1) is 0 Å². The highest BCUT2D eigenvalue weighted by Crippen LogP contribution is 2.35. The molecule has 2 aromatic rings. The van der Waals surface area contributed by atoms with Crippen molar-refractivity contribution in [1.82, 2.24) is 8.98 Å². The molecule has 2 unspecified atom stereocenters. The fraction of sp³-hybridized carbons (Fsp3) is 0.600. The first-order valence-electron chi connectivity index (χ1n) is 11.7. The minimum Gasteiger partial charge on any atom is -0.339 e. The summed E-state index contributed by atoms with van der Waals surface area (Å²) in [6, 6.07) is 6.53. The van der Waals surface area contributed by atoms with Gasteiger partial charge in [-0.2, -0.15) is 0 Å². The Bertz CT molecular complexity index is 865. The number of nitrogens with zero attached hydrogens (tertiary/aromatic N) is 2. The molecule has 2 heterocycles. The van der Waals surface area contributed by atoms with Crippen molar-refractivity contribution in [2.75, 3.05) is 24.7 Å². The zero-order valence-corrected chi connectivity index (χ0v) is 19.8. The van der Waals surface area contributed by atoms with Crippen molar-refractivity contribution in [3.63, 3.8) is 0 Å². The first-order valence-corrected chi connectivity index (χ1v) is 13.0. The molecule has 1 aliphatic rings. The van der Waals surface area contributed by atoms with Gasteiger partial charge in [-0.3, -0.25) is 4.68 Å². The van der Waals surface area contributed by atoms with Gasteiger partial charge in [0, 0.05) is 30.4 Å². The summed E-state index contributed by atoms with van der Waals surface area (Å²) in [6.45, 7) is 8.34. The number of benzene rings is 1. The molecule has 1 aliphatic heterocycles. The molecule has 0 saturated carbocycles. The van der Waals surface area contributed by atoms with E-state index in [0.717, 1.165) is 37.2 Å². The van der Waals surface area contributed by atoms with E-state index in [2.05, 4.69) is 54.7 Å². The molecule has 1 saturated heterocycles. The van der Waals surface area contributed by atoms with E-state index in [1.165, 1.54) is 48.6 Å². The van der Waals surface area contributed by atoms with Gasteiger partial charge in [-0.05, 0) is 61.6 Å². The second-order valence-electron chi connectivity index (χ2n) is 8.76. The molecular formula is C25H39N3OS. The summed E-state index contributed by atoms with van der Waals surface area (Å²) >= 11 is 0. The van der Waals surface area contributed by atoms with Gasteiger partial charge in [0.05, 0.1) is 16.5 Å². The van der Waals surface area contributed by atoms with Gasteiger partial charge in [0.25, 0.3) is 0 Å². The Hall–Kier alpha value is -1.59. The Kier molecular flexibility index (Phi) is 8.58. The maximum Gasteiger partial charge on any atom is 0.0945 e. The second-order valence-corrected chi connectivity index (χ2v) is 10.2. The molecular weight excluding hydrogens is 390 g/mol. The zero-order chi connectivity index (χ0) is 21.5. The van der Waals surface area contributed by atoms with Gasteiger partial charge < -0.3 is 5.84 Å². The summed E-state index contributed by atoms with van der Waals surface area (Å²) in [7, 11) is -0.844. The smallest absolute Gasteiger partial charge is 0.0945 e. The summed E-state index contributed by atoms with van der Waals surface area (Å²) in [5.74, 6) is 8.22. The quantitative estimate of drug-likeness (QED) is 0.483. The molecule has 166 valence electrons. The number of rotatable bonds is 10. The average Bonchev–Trinajstić information content (AvgIpc) is 3.08. The van der Waals surface area contributed by atoms with Crippen LogP contribution in [0.4, 0.5) is 0 Å².